The maximum Gasteiger partial charge on any atom is 0.179 e. The van der Waals surface area contributed by atoms with Gasteiger partial charge in [0, 0.05) is 17.5 Å². The third-order valence-corrected chi connectivity index (χ3v) is 5.04. The second-order valence-corrected chi connectivity index (χ2v) is 6.11. The molecule has 1 aliphatic carbocycles. The summed E-state index contributed by atoms with van der Waals surface area (Å²) in [7, 11) is 3.10. The van der Waals surface area contributed by atoms with E-state index in [0.717, 1.165) is 25.7 Å². The van der Waals surface area contributed by atoms with Crippen molar-refractivity contribution in [3.8, 4) is 11.5 Å². The third kappa shape index (κ3) is 2.98. The largest absolute Gasteiger partial charge is 0.493 e. The van der Waals surface area contributed by atoms with E-state index >= 15 is 0 Å². The minimum absolute atomic E-state index is 0.290. The molecule has 21 heavy (non-hydrogen) atoms. The average molecular weight is 314 g/mol. The van der Waals surface area contributed by atoms with E-state index in [9.17, 15) is 5.11 Å². The molecule has 118 valence electrons. The van der Waals surface area contributed by atoms with Crippen molar-refractivity contribution >= 4 is 11.6 Å². The van der Waals surface area contributed by atoms with Crippen LogP contribution in [0.5, 0.6) is 11.5 Å². The average Bonchev–Trinajstić information content (AvgIpc) is 2.54. The van der Waals surface area contributed by atoms with Crippen LogP contribution in [-0.2, 0) is 0 Å². The lowest BCUT2D eigenvalue weighted by Gasteiger charge is -2.40. The summed E-state index contributed by atoms with van der Waals surface area (Å²) in [5, 5.41) is 11.3. The summed E-state index contributed by atoms with van der Waals surface area (Å²) in [6.45, 7) is 0.457. The van der Waals surface area contributed by atoms with Crippen LogP contribution in [0, 0.1) is 5.41 Å². The fourth-order valence-corrected chi connectivity index (χ4v) is 3.63. The second-order valence-electron chi connectivity index (χ2n) is 5.73. The van der Waals surface area contributed by atoms with Gasteiger partial charge in [-0.3, -0.25) is 0 Å². The van der Waals surface area contributed by atoms with Gasteiger partial charge in [0.15, 0.2) is 11.5 Å². The summed E-state index contributed by atoms with van der Waals surface area (Å²) in [5.41, 5.74) is 6.37. The van der Waals surface area contributed by atoms with E-state index in [0.29, 0.717) is 28.6 Å². The van der Waals surface area contributed by atoms with Gasteiger partial charge < -0.3 is 20.3 Å². The smallest absolute Gasteiger partial charge is 0.179 e. The summed E-state index contributed by atoms with van der Waals surface area (Å²) in [6, 6.07) is 3.58. The first kappa shape index (κ1) is 16.4. The minimum atomic E-state index is -0.685. The maximum atomic E-state index is 10.9. The monoisotopic (exact) mass is 313 g/mol. The number of hydrogen-bond acceptors (Lipinski definition) is 4. The van der Waals surface area contributed by atoms with Crippen molar-refractivity contribution in [2.45, 2.75) is 38.2 Å². The Balaban J connectivity index is 2.40. The van der Waals surface area contributed by atoms with E-state index in [2.05, 4.69) is 0 Å². The van der Waals surface area contributed by atoms with Crippen molar-refractivity contribution in [2.75, 3.05) is 20.8 Å². The van der Waals surface area contributed by atoms with E-state index < -0.39 is 6.10 Å². The number of nitrogens with two attached hydrogens (primary N) is 1. The Bertz CT molecular complexity index is 487. The van der Waals surface area contributed by atoms with Gasteiger partial charge in [0.25, 0.3) is 0 Å². The van der Waals surface area contributed by atoms with Crippen LogP contribution in [0.1, 0.15) is 43.8 Å². The third-order valence-electron chi connectivity index (χ3n) is 4.65. The Kier molecular flexibility index (Phi) is 5.36. The molecule has 3 N–H and O–H groups in total. The Hall–Kier alpha value is -0.970. The zero-order chi connectivity index (χ0) is 15.5. The molecule has 2 rings (SSSR count). The highest BCUT2D eigenvalue weighted by molar-refractivity contribution is 6.33. The second kappa shape index (κ2) is 6.86. The normalized spacial score (nSPS) is 19.1. The Morgan fingerprint density at radius 2 is 1.90 bits per heavy atom. The molecule has 0 radical (unpaired) electrons. The van der Waals surface area contributed by atoms with Gasteiger partial charge in [0.1, 0.15) is 0 Å². The van der Waals surface area contributed by atoms with Crippen molar-refractivity contribution < 1.29 is 14.6 Å². The van der Waals surface area contributed by atoms with Gasteiger partial charge in [-0.2, -0.15) is 0 Å². The van der Waals surface area contributed by atoms with Gasteiger partial charge in [-0.15, -0.1) is 0 Å². The number of hydrogen-bond donors (Lipinski definition) is 2. The van der Waals surface area contributed by atoms with E-state index in [1.54, 1.807) is 26.4 Å². The molecule has 1 saturated carbocycles. The molecular formula is C16H24ClNO3. The molecule has 1 fully saturated rings. The number of benzene rings is 1. The predicted molar refractivity (Wildman–Crippen MR) is 84.1 cm³/mol. The first-order chi connectivity index (χ1) is 10.1. The van der Waals surface area contributed by atoms with Gasteiger partial charge in [0.05, 0.1) is 25.3 Å². The van der Waals surface area contributed by atoms with E-state index in [-0.39, 0.29) is 5.41 Å². The molecule has 0 heterocycles. The molecular weight excluding hydrogens is 290 g/mol. The molecule has 1 aromatic carbocycles. The lowest BCUT2D eigenvalue weighted by molar-refractivity contribution is 0.000623. The first-order valence-corrected chi connectivity index (χ1v) is 7.76. The summed E-state index contributed by atoms with van der Waals surface area (Å²) in [5.74, 6) is 1.02. The summed E-state index contributed by atoms with van der Waals surface area (Å²) >= 11 is 6.42. The van der Waals surface area contributed by atoms with Crippen LogP contribution in [0.3, 0.4) is 0 Å². The SMILES string of the molecule is COc1ccc(C(O)C2(CN)CCCCC2)c(Cl)c1OC. The van der Waals surface area contributed by atoms with Crippen LogP contribution >= 0.6 is 11.6 Å². The highest BCUT2D eigenvalue weighted by atomic mass is 35.5. The molecule has 5 heteroatoms. The van der Waals surface area contributed by atoms with Gasteiger partial charge in [-0.05, 0) is 18.9 Å². The number of rotatable bonds is 5. The Morgan fingerprint density at radius 1 is 1.24 bits per heavy atom. The number of methoxy groups -OCH3 is 2. The van der Waals surface area contributed by atoms with Crippen molar-refractivity contribution in [3.63, 3.8) is 0 Å². The minimum Gasteiger partial charge on any atom is -0.493 e. The molecule has 1 atom stereocenters. The lowest BCUT2D eigenvalue weighted by atomic mass is 9.68. The lowest BCUT2D eigenvalue weighted by Crippen LogP contribution is -2.38. The maximum absolute atomic E-state index is 10.9. The summed E-state index contributed by atoms with van der Waals surface area (Å²) in [4.78, 5) is 0. The quantitative estimate of drug-likeness (QED) is 0.875. The van der Waals surface area contributed by atoms with Gasteiger partial charge in [-0.25, -0.2) is 0 Å². The standard InChI is InChI=1S/C16H24ClNO3/c1-20-12-7-6-11(13(17)14(12)21-2)15(19)16(10-18)8-4-3-5-9-16/h6-7,15,19H,3-5,8-10,18H2,1-2H3. The van der Waals surface area contributed by atoms with Crippen molar-refractivity contribution in [2.24, 2.45) is 11.1 Å². The first-order valence-electron chi connectivity index (χ1n) is 7.38. The van der Waals surface area contributed by atoms with Crippen LogP contribution in [0.2, 0.25) is 5.02 Å². The fourth-order valence-electron chi connectivity index (χ4n) is 3.29. The van der Waals surface area contributed by atoms with E-state index in [1.807, 2.05) is 0 Å². The number of aliphatic hydroxyl groups excluding tert-OH is 1. The molecule has 1 unspecified atom stereocenters. The Morgan fingerprint density at radius 3 is 2.43 bits per heavy atom. The van der Waals surface area contributed by atoms with Gasteiger partial charge in [0.2, 0.25) is 0 Å². The molecule has 0 saturated heterocycles. The van der Waals surface area contributed by atoms with E-state index in [4.69, 9.17) is 26.8 Å². The summed E-state index contributed by atoms with van der Waals surface area (Å²) in [6.07, 6.45) is 4.56. The molecule has 0 aliphatic heterocycles. The van der Waals surface area contributed by atoms with Crippen LogP contribution in [0.4, 0.5) is 0 Å². The highest BCUT2D eigenvalue weighted by Crippen LogP contribution is 2.49. The molecule has 0 aromatic heterocycles. The van der Waals surface area contributed by atoms with Crippen LogP contribution in [0.15, 0.2) is 12.1 Å². The van der Waals surface area contributed by atoms with Crippen LogP contribution in [0.25, 0.3) is 0 Å². The molecule has 0 bridgehead atoms. The number of halogens is 1. The predicted octanol–water partition coefficient (Wildman–Crippen LogP) is 3.30. The fraction of sp³-hybridized carbons (Fsp3) is 0.625. The van der Waals surface area contributed by atoms with Gasteiger partial charge >= 0.3 is 0 Å². The molecule has 1 aliphatic rings. The Labute approximate surface area is 131 Å². The molecule has 0 spiro atoms. The van der Waals surface area contributed by atoms with Crippen LogP contribution < -0.4 is 15.2 Å². The molecule has 1 aromatic rings. The highest BCUT2D eigenvalue weighted by Gasteiger charge is 2.40. The van der Waals surface area contributed by atoms with Crippen LogP contribution in [-0.4, -0.2) is 25.9 Å². The number of ether oxygens (including phenoxy) is 2. The van der Waals surface area contributed by atoms with E-state index in [1.165, 1.54) is 6.42 Å². The zero-order valence-corrected chi connectivity index (χ0v) is 13.4. The zero-order valence-electron chi connectivity index (χ0n) is 12.7. The van der Waals surface area contributed by atoms with Crippen molar-refractivity contribution in [1.29, 1.82) is 0 Å². The molecule has 0 amide bonds. The van der Waals surface area contributed by atoms with Crippen molar-refractivity contribution in [1.82, 2.24) is 0 Å². The number of aliphatic hydroxyl groups is 1. The molecule has 4 nitrogen and oxygen atoms in total. The summed E-state index contributed by atoms with van der Waals surface area (Å²) < 4.78 is 10.5. The topological polar surface area (TPSA) is 64.7 Å². The van der Waals surface area contributed by atoms with Gasteiger partial charge in [-0.1, -0.05) is 36.9 Å². The van der Waals surface area contributed by atoms with Crippen molar-refractivity contribution in [3.05, 3.63) is 22.7 Å².